The maximum absolute atomic E-state index is 2.50. The summed E-state index contributed by atoms with van der Waals surface area (Å²) in [5.74, 6) is 0. The van der Waals surface area contributed by atoms with Gasteiger partial charge in [-0.3, -0.25) is 0 Å². The highest BCUT2D eigenvalue weighted by atomic mass is 32.1. The maximum atomic E-state index is 2.50. The summed E-state index contributed by atoms with van der Waals surface area (Å²) >= 11 is 1.94. The van der Waals surface area contributed by atoms with Crippen LogP contribution in [0.4, 0.5) is 17.1 Å². The minimum absolute atomic E-state index is 0.382. The van der Waals surface area contributed by atoms with Crippen LogP contribution >= 0.6 is 11.3 Å². The van der Waals surface area contributed by atoms with Crippen molar-refractivity contribution < 1.29 is 0 Å². The van der Waals surface area contributed by atoms with Gasteiger partial charge in [-0.15, -0.1) is 11.3 Å². The molecule has 1 aromatic heterocycles. The van der Waals surface area contributed by atoms with E-state index in [1.807, 2.05) is 11.3 Å². The fourth-order valence-corrected chi connectivity index (χ4v) is 11.1. The van der Waals surface area contributed by atoms with Gasteiger partial charge in [0, 0.05) is 26.0 Å². The molecule has 1 nitrogen and oxygen atoms in total. The molecule has 12 rings (SSSR count). The first-order valence-corrected chi connectivity index (χ1v) is 19.8. The Morgan fingerprint density at radius 1 is 0.382 bits per heavy atom. The number of hydrogen-bond acceptors (Lipinski definition) is 2. The van der Waals surface area contributed by atoms with E-state index in [0.29, 0.717) is 0 Å². The highest BCUT2D eigenvalue weighted by Crippen LogP contribution is 2.66. The van der Waals surface area contributed by atoms with E-state index in [2.05, 4.69) is 205 Å². The topological polar surface area (TPSA) is 3.24 Å². The molecule has 1 spiro atoms. The van der Waals surface area contributed by atoms with Crippen LogP contribution in [0.15, 0.2) is 200 Å². The van der Waals surface area contributed by atoms with Crippen molar-refractivity contribution in [1.82, 2.24) is 0 Å². The van der Waals surface area contributed by atoms with Gasteiger partial charge < -0.3 is 4.90 Å². The van der Waals surface area contributed by atoms with Crippen molar-refractivity contribution >= 4 is 60.0 Å². The Bertz CT molecular complexity index is 3080. The van der Waals surface area contributed by atoms with Gasteiger partial charge in [-0.2, -0.15) is 0 Å². The second kappa shape index (κ2) is 11.6. The number of thiophene rings is 1. The van der Waals surface area contributed by atoms with Crippen molar-refractivity contribution in [2.24, 2.45) is 0 Å². The summed E-state index contributed by atoms with van der Waals surface area (Å²) in [4.78, 5) is 3.83. The van der Waals surface area contributed by atoms with Crippen molar-refractivity contribution in [1.29, 1.82) is 0 Å². The lowest BCUT2D eigenvalue weighted by Gasteiger charge is -2.31. The molecule has 0 bridgehead atoms. The molecule has 1 atom stereocenters. The molecule has 55 heavy (non-hydrogen) atoms. The van der Waals surface area contributed by atoms with Crippen LogP contribution in [0, 0.1) is 0 Å². The molecule has 1 heterocycles. The molecule has 0 fully saturated rings. The van der Waals surface area contributed by atoms with E-state index in [-0.39, 0.29) is 5.41 Å². The highest BCUT2D eigenvalue weighted by Gasteiger charge is 2.53. The summed E-state index contributed by atoms with van der Waals surface area (Å²) in [6, 6.07) is 74.3. The summed E-state index contributed by atoms with van der Waals surface area (Å²) in [6.07, 6.45) is 0. The Hall–Kier alpha value is -6.74. The van der Waals surface area contributed by atoms with Crippen molar-refractivity contribution in [2.75, 3.05) is 4.90 Å². The van der Waals surface area contributed by atoms with Gasteiger partial charge in [0.25, 0.3) is 0 Å². The van der Waals surface area contributed by atoms with E-state index in [9.17, 15) is 0 Å². The average Bonchev–Trinajstić information content (AvgIpc) is 3.88. The first-order chi connectivity index (χ1) is 27.3. The molecular formula is C53H33NS. The van der Waals surface area contributed by atoms with Gasteiger partial charge in [-0.1, -0.05) is 164 Å². The number of fused-ring (bicyclic) bond motifs is 14. The fourth-order valence-electron chi connectivity index (χ4n) is 9.79. The second-order valence-corrected chi connectivity index (χ2v) is 15.8. The van der Waals surface area contributed by atoms with Crippen LogP contribution in [0.25, 0.3) is 64.3 Å². The van der Waals surface area contributed by atoms with Gasteiger partial charge in [0.1, 0.15) is 0 Å². The van der Waals surface area contributed by atoms with Crippen LogP contribution in [0.1, 0.15) is 22.3 Å². The van der Waals surface area contributed by atoms with E-state index >= 15 is 0 Å². The molecule has 10 aromatic rings. The van der Waals surface area contributed by atoms with Gasteiger partial charge in [0.2, 0.25) is 0 Å². The smallest absolute Gasteiger partial charge is 0.0740 e. The SMILES string of the molecule is c1ccc2c(c1)-c1ccc(-c3ccc(N(c4cccc5ccccc45)c4cccc5ccccc45)cc3)cc1C21c2ccccc2-c2sc3ccccc3c21. The molecule has 1 unspecified atom stereocenters. The number of benzene rings is 9. The van der Waals surface area contributed by atoms with E-state index in [1.165, 1.54) is 86.6 Å². The lowest BCUT2D eigenvalue weighted by molar-refractivity contribution is 0.803. The van der Waals surface area contributed by atoms with Crippen LogP contribution in [0.2, 0.25) is 0 Å². The minimum atomic E-state index is -0.382. The fraction of sp³-hybridized carbons (Fsp3) is 0.0189. The number of hydrogen-bond donors (Lipinski definition) is 0. The van der Waals surface area contributed by atoms with Gasteiger partial charge in [-0.05, 0) is 103 Å². The normalized spacial score (nSPS) is 15.0. The van der Waals surface area contributed by atoms with E-state index in [4.69, 9.17) is 0 Å². The summed E-state index contributed by atoms with van der Waals surface area (Å²) in [6.45, 7) is 0. The summed E-state index contributed by atoms with van der Waals surface area (Å²) in [5, 5.41) is 6.26. The van der Waals surface area contributed by atoms with Crippen molar-refractivity contribution in [3.05, 3.63) is 222 Å². The van der Waals surface area contributed by atoms with E-state index < -0.39 is 0 Å². The molecule has 0 amide bonds. The third kappa shape index (κ3) is 4.23. The lowest BCUT2D eigenvalue weighted by atomic mass is 9.70. The molecule has 0 saturated carbocycles. The predicted molar refractivity (Wildman–Crippen MR) is 233 cm³/mol. The summed E-state index contributed by atoms with van der Waals surface area (Å²) in [5.41, 5.74) is 15.1. The van der Waals surface area contributed by atoms with Crippen molar-refractivity contribution in [3.63, 3.8) is 0 Å². The molecule has 0 radical (unpaired) electrons. The van der Waals surface area contributed by atoms with Crippen LogP contribution in [-0.4, -0.2) is 0 Å². The molecule has 0 saturated heterocycles. The zero-order chi connectivity index (χ0) is 36.1. The Morgan fingerprint density at radius 2 is 0.909 bits per heavy atom. The molecule has 0 N–H and O–H groups in total. The Labute approximate surface area is 324 Å². The third-order valence-electron chi connectivity index (χ3n) is 12.1. The Morgan fingerprint density at radius 3 is 1.62 bits per heavy atom. The zero-order valence-electron chi connectivity index (χ0n) is 29.9. The van der Waals surface area contributed by atoms with Crippen LogP contribution < -0.4 is 4.90 Å². The Balaban J connectivity index is 1.05. The molecule has 9 aromatic carbocycles. The van der Waals surface area contributed by atoms with Crippen molar-refractivity contribution in [3.8, 4) is 32.7 Å². The summed E-state index contributed by atoms with van der Waals surface area (Å²) < 4.78 is 1.35. The van der Waals surface area contributed by atoms with Crippen LogP contribution in [-0.2, 0) is 5.41 Å². The monoisotopic (exact) mass is 715 g/mol. The van der Waals surface area contributed by atoms with E-state index in [1.54, 1.807) is 0 Å². The quantitative estimate of drug-likeness (QED) is 0.175. The van der Waals surface area contributed by atoms with Crippen molar-refractivity contribution in [2.45, 2.75) is 5.41 Å². The van der Waals surface area contributed by atoms with Gasteiger partial charge in [0.05, 0.1) is 16.8 Å². The molecule has 2 aliphatic rings. The first-order valence-electron chi connectivity index (χ1n) is 19.0. The van der Waals surface area contributed by atoms with Gasteiger partial charge in [-0.25, -0.2) is 0 Å². The third-order valence-corrected chi connectivity index (χ3v) is 13.3. The zero-order valence-corrected chi connectivity index (χ0v) is 30.7. The second-order valence-electron chi connectivity index (χ2n) is 14.8. The highest BCUT2D eigenvalue weighted by molar-refractivity contribution is 7.22. The van der Waals surface area contributed by atoms with Gasteiger partial charge >= 0.3 is 0 Å². The molecule has 256 valence electrons. The predicted octanol–water partition coefficient (Wildman–Crippen LogP) is 14.7. The summed E-state index contributed by atoms with van der Waals surface area (Å²) in [7, 11) is 0. The number of nitrogens with zero attached hydrogens (tertiary/aromatic N) is 1. The van der Waals surface area contributed by atoms with Crippen LogP contribution in [0.5, 0.6) is 0 Å². The van der Waals surface area contributed by atoms with E-state index in [0.717, 1.165) is 17.1 Å². The molecule has 0 aliphatic heterocycles. The standard InChI is InChI=1S/C53H33NS/c1-3-17-39-35(13-1)15-11-24-48(39)54(49-25-12-16-36-14-2-4-18-40(36)49)38-30-27-34(28-31-38)37-29-32-42-41-19-5-8-22-45(41)53(47(42)33-37)46-23-9-6-20-43(46)52-51(53)44-21-7-10-26-50(44)55-52/h1-33H. The number of rotatable bonds is 4. The van der Waals surface area contributed by atoms with Crippen LogP contribution in [0.3, 0.4) is 0 Å². The van der Waals surface area contributed by atoms with Gasteiger partial charge in [0.15, 0.2) is 0 Å². The molecule has 2 heteroatoms. The Kier molecular flexibility index (Phi) is 6.49. The lowest BCUT2D eigenvalue weighted by Crippen LogP contribution is -2.25. The average molecular weight is 716 g/mol. The number of anilines is 3. The maximum Gasteiger partial charge on any atom is 0.0740 e. The minimum Gasteiger partial charge on any atom is -0.309 e. The molecule has 2 aliphatic carbocycles. The first kappa shape index (κ1) is 30.7. The molecular weight excluding hydrogens is 683 g/mol. The largest absolute Gasteiger partial charge is 0.309 e.